The van der Waals surface area contributed by atoms with Crippen LogP contribution in [0.2, 0.25) is 0 Å². The summed E-state index contributed by atoms with van der Waals surface area (Å²) in [5.74, 6) is 0.951. The molecular weight excluding hydrogens is 258 g/mol. The van der Waals surface area contributed by atoms with Crippen molar-refractivity contribution in [1.82, 2.24) is 5.32 Å². The van der Waals surface area contributed by atoms with E-state index in [9.17, 15) is 0 Å². The number of ether oxygens (including phenoxy) is 1. The average molecular weight is 283 g/mol. The fourth-order valence-corrected chi connectivity index (χ4v) is 2.79. The van der Waals surface area contributed by atoms with Crippen LogP contribution >= 0.6 is 0 Å². The quantitative estimate of drug-likeness (QED) is 0.888. The third-order valence-corrected chi connectivity index (χ3v) is 4.10. The third-order valence-electron chi connectivity index (χ3n) is 4.10. The molecule has 0 heterocycles. The summed E-state index contributed by atoms with van der Waals surface area (Å²) in [4.78, 5) is 0. The monoisotopic (exact) mass is 283 g/mol. The molecule has 2 rings (SSSR count). The molecule has 0 aromatic heterocycles. The van der Waals surface area contributed by atoms with Gasteiger partial charge in [0, 0.05) is 0 Å². The molecule has 0 aliphatic carbocycles. The lowest BCUT2D eigenvalue weighted by Gasteiger charge is -2.21. The van der Waals surface area contributed by atoms with Gasteiger partial charge in [-0.15, -0.1) is 0 Å². The summed E-state index contributed by atoms with van der Waals surface area (Å²) >= 11 is 0. The van der Waals surface area contributed by atoms with Crippen molar-refractivity contribution in [2.75, 3.05) is 14.2 Å². The topological polar surface area (TPSA) is 21.3 Å². The molecule has 1 N–H and O–H groups in total. The number of benzene rings is 2. The Morgan fingerprint density at radius 2 is 1.71 bits per heavy atom. The summed E-state index contributed by atoms with van der Waals surface area (Å²) in [5.41, 5.74) is 6.39. The first-order chi connectivity index (χ1) is 10.1. The Bertz CT molecular complexity index is 602. The van der Waals surface area contributed by atoms with Gasteiger partial charge in [-0.1, -0.05) is 37.3 Å². The minimum Gasteiger partial charge on any atom is -0.496 e. The number of aryl methyl sites for hydroxylation is 3. The molecule has 112 valence electrons. The number of hydrogen-bond acceptors (Lipinski definition) is 2. The molecule has 0 fully saturated rings. The van der Waals surface area contributed by atoms with Crippen LogP contribution in [0.5, 0.6) is 5.75 Å². The molecule has 0 bridgehead atoms. The Kier molecular flexibility index (Phi) is 5.03. The lowest BCUT2D eigenvalue weighted by atomic mass is 9.92. The van der Waals surface area contributed by atoms with Gasteiger partial charge in [0.25, 0.3) is 0 Å². The fraction of sp³-hybridized carbons (Fsp3) is 0.368. The zero-order valence-corrected chi connectivity index (χ0v) is 13.7. The van der Waals surface area contributed by atoms with Gasteiger partial charge in [-0.25, -0.2) is 0 Å². The van der Waals surface area contributed by atoms with Crippen molar-refractivity contribution in [1.29, 1.82) is 0 Å². The Balaban J connectivity index is 2.43. The first kappa shape index (κ1) is 15.6. The molecule has 21 heavy (non-hydrogen) atoms. The molecule has 2 aromatic carbocycles. The van der Waals surface area contributed by atoms with E-state index in [4.69, 9.17) is 4.74 Å². The minimum absolute atomic E-state index is 0.209. The van der Waals surface area contributed by atoms with E-state index in [0.29, 0.717) is 0 Å². The highest BCUT2D eigenvalue weighted by atomic mass is 16.5. The summed E-state index contributed by atoms with van der Waals surface area (Å²) in [6.07, 6.45) is 1.07. The molecule has 0 radical (unpaired) electrons. The van der Waals surface area contributed by atoms with Crippen LogP contribution in [0.15, 0.2) is 36.4 Å². The summed E-state index contributed by atoms with van der Waals surface area (Å²) in [5, 5.41) is 3.44. The smallest absolute Gasteiger partial charge is 0.122 e. The van der Waals surface area contributed by atoms with E-state index in [2.05, 4.69) is 62.5 Å². The fourth-order valence-electron chi connectivity index (χ4n) is 2.79. The second-order valence-corrected chi connectivity index (χ2v) is 5.50. The number of rotatable bonds is 5. The van der Waals surface area contributed by atoms with Gasteiger partial charge in [0.05, 0.1) is 13.2 Å². The maximum Gasteiger partial charge on any atom is 0.122 e. The predicted octanol–water partition coefficient (Wildman–Crippen LogP) is 4.18. The van der Waals surface area contributed by atoms with Crippen LogP contribution in [-0.2, 0) is 6.42 Å². The summed E-state index contributed by atoms with van der Waals surface area (Å²) in [6, 6.07) is 13.4. The number of nitrogens with one attached hydrogen (secondary N) is 1. The molecule has 0 aliphatic rings. The van der Waals surface area contributed by atoms with E-state index in [0.717, 1.165) is 12.2 Å². The molecule has 1 atom stereocenters. The van der Waals surface area contributed by atoms with E-state index in [1.165, 1.54) is 27.8 Å². The lowest BCUT2D eigenvalue weighted by Crippen LogP contribution is -2.19. The molecule has 0 aliphatic heterocycles. The zero-order valence-electron chi connectivity index (χ0n) is 13.7. The van der Waals surface area contributed by atoms with Gasteiger partial charge in [-0.3, -0.25) is 0 Å². The number of hydrogen-bond donors (Lipinski definition) is 1. The Hall–Kier alpha value is -1.80. The van der Waals surface area contributed by atoms with Gasteiger partial charge in [0.1, 0.15) is 5.75 Å². The highest BCUT2D eigenvalue weighted by Gasteiger charge is 2.16. The molecular formula is C19H25NO. The predicted molar refractivity (Wildman–Crippen MR) is 89.2 cm³/mol. The van der Waals surface area contributed by atoms with Crippen LogP contribution in [-0.4, -0.2) is 14.2 Å². The van der Waals surface area contributed by atoms with Gasteiger partial charge in [-0.2, -0.15) is 0 Å². The van der Waals surface area contributed by atoms with E-state index in [-0.39, 0.29) is 6.04 Å². The normalized spacial score (nSPS) is 12.2. The Labute approximate surface area is 128 Å². The van der Waals surface area contributed by atoms with Crippen molar-refractivity contribution in [3.63, 3.8) is 0 Å². The van der Waals surface area contributed by atoms with Gasteiger partial charge in [0.2, 0.25) is 0 Å². The lowest BCUT2D eigenvalue weighted by molar-refractivity contribution is 0.411. The van der Waals surface area contributed by atoms with Crippen molar-refractivity contribution in [3.05, 3.63) is 64.2 Å². The van der Waals surface area contributed by atoms with E-state index >= 15 is 0 Å². The van der Waals surface area contributed by atoms with Gasteiger partial charge < -0.3 is 10.1 Å². The highest BCUT2D eigenvalue weighted by Crippen LogP contribution is 2.30. The van der Waals surface area contributed by atoms with Gasteiger partial charge >= 0.3 is 0 Å². The minimum atomic E-state index is 0.209. The molecule has 0 saturated heterocycles. The molecule has 1 unspecified atom stereocenters. The third kappa shape index (κ3) is 3.27. The van der Waals surface area contributed by atoms with Crippen molar-refractivity contribution in [2.45, 2.75) is 33.2 Å². The van der Waals surface area contributed by atoms with Crippen LogP contribution in [0.4, 0.5) is 0 Å². The second-order valence-electron chi connectivity index (χ2n) is 5.50. The van der Waals surface area contributed by atoms with Crippen LogP contribution < -0.4 is 10.1 Å². The van der Waals surface area contributed by atoms with E-state index in [1.807, 2.05) is 7.05 Å². The SMILES string of the molecule is CCc1ccc(C(NC)c2cc(C)c(OC)cc2C)cc1. The molecule has 0 spiro atoms. The number of methoxy groups -OCH3 is 1. The van der Waals surface area contributed by atoms with Gasteiger partial charge in [0.15, 0.2) is 0 Å². The summed E-state index contributed by atoms with van der Waals surface area (Å²) in [7, 11) is 3.73. The van der Waals surface area contributed by atoms with Crippen LogP contribution in [0, 0.1) is 13.8 Å². The summed E-state index contributed by atoms with van der Waals surface area (Å²) < 4.78 is 5.41. The van der Waals surface area contributed by atoms with Crippen molar-refractivity contribution >= 4 is 0 Å². The molecule has 0 saturated carbocycles. The standard InChI is InChI=1S/C19H25NO/c1-6-15-7-9-16(10-8-15)19(20-4)17-11-14(3)18(21-5)12-13(17)2/h7-12,19-20H,6H2,1-5H3. The maximum absolute atomic E-state index is 5.41. The first-order valence-corrected chi connectivity index (χ1v) is 7.52. The van der Waals surface area contributed by atoms with Crippen LogP contribution in [0.1, 0.15) is 40.8 Å². The van der Waals surface area contributed by atoms with E-state index < -0.39 is 0 Å². The second kappa shape index (κ2) is 6.77. The van der Waals surface area contributed by atoms with E-state index in [1.54, 1.807) is 7.11 Å². The Morgan fingerprint density at radius 1 is 1.05 bits per heavy atom. The largest absolute Gasteiger partial charge is 0.496 e. The molecule has 2 nitrogen and oxygen atoms in total. The van der Waals surface area contributed by atoms with Crippen LogP contribution in [0.25, 0.3) is 0 Å². The highest BCUT2D eigenvalue weighted by molar-refractivity contribution is 5.46. The van der Waals surface area contributed by atoms with Crippen LogP contribution in [0.3, 0.4) is 0 Å². The first-order valence-electron chi connectivity index (χ1n) is 7.52. The maximum atomic E-state index is 5.41. The molecule has 2 aromatic rings. The summed E-state index contributed by atoms with van der Waals surface area (Å²) in [6.45, 7) is 6.41. The molecule has 2 heteroatoms. The zero-order chi connectivity index (χ0) is 15.4. The van der Waals surface area contributed by atoms with Crippen molar-refractivity contribution in [3.8, 4) is 5.75 Å². The molecule has 0 amide bonds. The van der Waals surface area contributed by atoms with Crippen molar-refractivity contribution in [2.24, 2.45) is 0 Å². The average Bonchev–Trinajstić information content (AvgIpc) is 2.51. The van der Waals surface area contributed by atoms with Crippen molar-refractivity contribution < 1.29 is 4.74 Å². The Morgan fingerprint density at radius 3 is 2.24 bits per heavy atom. The van der Waals surface area contributed by atoms with Gasteiger partial charge in [-0.05, 0) is 61.2 Å².